The summed E-state index contributed by atoms with van der Waals surface area (Å²) in [7, 11) is 1.68. The average molecular weight is 247 g/mol. The molecule has 0 saturated carbocycles. The molecule has 4 heteroatoms. The van der Waals surface area contributed by atoms with Crippen LogP contribution in [0, 0.1) is 5.92 Å². The summed E-state index contributed by atoms with van der Waals surface area (Å²) < 4.78 is 16.4. The molecule has 0 saturated heterocycles. The van der Waals surface area contributed by atoms with Gasteiger partial charge in [-0.05, 0) is 32.2 Å². The van der Waals surface area contributed by atoms with E-state index in [2.05, 4.69) is 20.8 Å². The molecule has 0 aliphatic rings. The van der Waals surface area contributed by atoms with Gasteiger partial charge in [0.05, 0.1) is 25.4 Å². The van der Waals surface area contributed by atoms with Crippen LogP contribution in [0.25, 0.3) is 0 Å². The van der Waals surface area contributed by atoms with Gasteiger partial charge in [0.25, 0.3) is 0 Å². The lowest BCUT2D eigenvalue weighted by Crippen LogP contribution is -2.26. The summed E-state index contributed by atoms with van der Waals surface area (Å²) in [6.07, 6.45) is 2.17. The maximum absolute atomic E-state index is 5.73. The first-order chi connectivity index (χ1) is 8.10. The van der Waals surface area contributed by atoms with Gasteiger partial charge in [0, 0.05) is 13.7 Å². The Bertz CT molecular complexity index is 165. The number of methoxy groups -OCH3 is 1. The Morgan fingerprint density at radius 3 is 2.29 bits per heavy atom. The van der Waals surface area contributed by atoms with Crippen molar-refractivity contribution >= 4 is 0 Å². The van der Waals surface area contributed by atoms with E-state index in [1.54, 1.807) is 7.11 Å². The van der Waals surface area contributed by atoms with Gasteiger partial charge in [-0.2, -0.15) is 0 Å². The van der Waals surface area contributed by atoms with E-state index < -0.39 is 0 Å². The number of hydrogen-bond donors (Lipinski definition) is 1. The molecular weight excluding hydrogens is 218 g/mol. The number of hydrogen-bond acceptors (Lipinski definition) is 4. The SMILES string of the molecule is COCCOC(CCN)CC(C)OCC(C)C. The van der Waals surface area contributed by atoms with E-state index in [1.165, 1.54) is 0 Å². The molecule has 104 valence electrons. The Morgan fingerprint density at radius 2 is 1.76 bits per heavy atom. The fraction of sp³-hybridized carbons (Fsp3) is 1.00. The number of rotatable bonds is 11. The molecule has 0 bridgehead atoms. The third-order valence-corrected chi connectivity index (χ3v) is 2.44. The Kier molecular flexibility index (Phi) is 10.9. The van der Waals surface area contributed by atoms with Crippen LogP contribution in [-0.2, 0) is 14.2 Å². The van der Waals surface area contributed by atoms with Crippen molar-refractivity contribution < 1.29 is 14.2 Å². The molecule has 0 aromatic carbocycles. The van der Waals surface area contributed by atoms with Crippen molar-refractivity contribution in [3.05, 3.63) is 0 Å². The van der Waals surface area contributed by atoms with Crippen LogP contribution in [0.3, 0.4) is 0 Å². The Hall–Kier alpha value is -0.160. The summed E-state index contributed by atoms with van der Waals surface area (Å²) in [5, 5.41) is 0. The Labute approximate surface area is 106 Å². The summed E-state index contributed by atoms with van der Waals surface area (Å²) in [6, 6.07) is 0. The van der Waals surface area contributed by atoms with Gasteiger partial charge in [-0.1, -0.05) is 13.8 Å². The highest BCUT2D eigenvalue weighted by Gasteiger charge is 2.14. The van der Waals surface area contributed by atoms with Crippen LogP contribution in [0.1, 0.15) is 33.6 Å². The molecule has 0 aliphatic heterocycles. The predicted octanol–water partition coefficient (Wildman–Crippen LogP) is 1.82. The Balaban J connectivity index is 3.79. The highest BCUT2D eigenvalue weighted by Crippen LogP contribution is 2.10. The second-order valence-electron chi connectivity index (χ2n) is 4.84. The van der Waals surface area contributed by atoms with Crippen LogP contribution in [-0.4, -0.2) is 45.7 Å². The summed E-state index contributed by atoms with van der Waals surface area (Å²) in [4.78, 5) is 0. The first-order valence-electron chi connectivity index (χ1n) is 6.52. The average Bonchev–Trinajstić information content (AvgIpc) is 2.27. The third kappa shape index (κ3) is 10.7. The fourth-order valence-electron chi connectivity index (χ4n) is 1.55. The molecule has 4 nitrogen and oxygen atoms in total. The van der Waals surface area contributed by atoms with Crippen molar-refractivity contribution in [2.75, 3.05) is 33.5 Å². The van der Waals surface area contributed by atoms with Crippen molar-refractivity contribution in [2.45, 2.75) is 45.8 Å². The molecule has 0 aromatic heterocycles. The molecule has 2 N–H and O–H groups in total. The molecule has 0 heterocycles. The van der Waals surface area contributed by atoms with E-state index >= 15 is 0 Å². The van der Waals surface area contributed by atoms with Gasteiger partial charge < -0.3 is 19.9 Å². The zero-order chi connectivity index (χ0) is 13.1. The van der Waals surface area contributed by atoms with Crippen molar-refractivity contribution in [3.63, 3.8) is 0 Å². The minimum absolute atomic E-state index is 0.178. The molecule has 0 amide bonds. The standard InChI is InChI=1S/C13H29NO3/c1-11(2)10-17-12(3)9-13(5-6-14)16-8-7-15-4/h11-13H,5-10,14H2,1-4H3. The van der Waals surface area contributed by atoms with Gasteiger partial charge in [-0.15, -0.1) is 0 Å². The van der Waals surface area contributed by atoms with E-state index in [-0.39, 0.29) is 12.2 Å². The maximum Gasteiger partial charge on any atom is 0.0704 e. The Morgan fingerprint density at radius 1 is 1.06 bits per heavy atom. The second kappa shape index (κ2) is 11.0. The van der Waals surface area contributed by atoms with Crippen LogP contribution in [0.5, 0.6) is 0 Å². The molecule has 2 atom stereocenters. The smallest absolute Gasteiger partial charge is 0.0704 e. The van der Waals surface area contributed by atoms with Gasteiger partial charge in [0.2, 0.25) is 0 Å². The monoisotopic (exact) mass is 247 g/mol. The fourth-order valence-corrected chi connectivity index (χ4v) is 1.55. The molecule has 0 fully saturated rings. The molecular formula is C13H29NO3. The van der Waals surface area contributed by atoms with E-state index in [0.29, 0.717) is 25.7 Å². The molecule has 2 unspecified atom stereocenters. The van der Waals surface area contributed by atoms with E-state index in [0.717, 1.165) is 19.4 Å². The van der Waals surface area contributed by atoms with E-state index in [1.807, 2.05) is 0 Å². The van der Waals surface area contributed by atoms with Crippen molar-refractivity contribution in [3.8, 4) is 0 Å². The van der Waals surface area contributed by atoms with Crippen molar-refractivity contribution in [2.24, 2.45) is 11.7 Å². The predicted molar refractivity (Wildman–Crippen MR) is 70.2 cm³/mol. The second-order valence-corrected chi connectivity index (χ2v) is 4.84. The summed E-state index contributed by atoms with van der Waals surface area (Å²) in [5.41, 5.74) is 5.58. The molecule has 0 aromatic rings. The van der Waals surface area contributed by atoms with Gasteiger partial charge in [-0.25, -0.2) is 0 Å². The molecule has 0 aliphatic carbocycles. The highest BCUT2D eigenvalue weighted by atomic mass is 16.5. The van der Waals surface area contributed by atoms with E-state index in [9.17, 15) is 0 Å². The zero-order valence-corrected chi connectivity index (χ0v) is 11.8. The van der Waals surface area contributed by atoms with Gasteiger partial charge in [0.1, 0.15) is 0 Å². The minimum atomic E-state index is 0.178. The number of ether oxygens (including phenoxy) is 3. The molecule has 0 rings (SSSR count). The van der Waals surface area contributed by atoms with Gasteiger partial charge >= 0.3 is 0 Å². The van der Waals surface area contributed by atoms with Crippen LogP contribution in [0.2, 0.25) is 0 Å². The van der Waals surface area contributed by atoms with E-state index in [4.69, 9.17) is 19.9 Å². The van der Waals surface area contributed by atoms with Gasteiger partial charge in [-0.3, -0.25) is 0 Å². The summed E-state index contributed by atoms with van der Waals surface area (Å²) in [6.45, 7) is 9.09. The number of nitrogens with two attached hydrogens (primary N) is 1. The quantitative estimate of drug-likeness (QED) is 0.566. The highest BCUT2D eigenvalue weighted by molar-refractivity contribution is 4.64. The van der Waals surface area contributed by atoms with Crippen LogP contribution < -0.4 is 5.73 Å². The summed E-state index contributed by atoms with van der Waals surface area (Å²) in [5.74, 6) is 0.569. The zero-order valence-electron chi connectivity index (χ0n) is 11.8. The normalized spacial score (nSPS) is 15.2. The van der Waals surface area contributed by atoms with Crippen molar-refractivity contribution in [1.82, 2.24) is 0 Å². The van der Waals surface area contributed by atoms with Gasteiger partial charge in [0.15, 0.2) is 0 Å². The van der Waals surface area contributed by atoms with Crippen LogP contribution >= 0.6 is 0 Å². The minimum Gasteiger partial charge on any atom is -0.382 e. The molecule has 17 heavy (non-hydrogen) atoms. The lowest BCUT2D eigenvalue weighted by atomic mass is 10.1. The lowest BCUT2D eigenvalue weighted by molar-refractivity contribution is -0.0314. The molecule has 0 radical (unpaired) electrons. The summed E-state index contributed by atoms with van der Waals surface area (Å²) >= 11 is 0. The van der Waals surface area contributed by atoms with Crippen LogP contribution in [0.15, 0.2) is 0 Å². The molecule has 0 spiro atoms. The largest absolute Gasteiger partial charge is 0.382 e. The first-order valence-corrected chi connectivity index (χ1v) is 6.52. The maximum atomic E-state index is 5.73. The first kappa shape index (κ1) is 16.8. The topological polar surface area (TPSA) is 53.7 Å². The lowest BCUT2D eigenvalue weighted by Gasteiger charge is -2.22. The van der Waals surface area contributed by atoms with Crippen molar-refractivity contribution in [1.29, 1.82) is 0 Å². The van der Waals surface area contributed by atoms with Crippen LogP contribution in [0.4, 0.5) is 0 Å². The third-order valence-electron chi connectivity index (χ3n) is 2.44.